The average molecular weight is 296 g/mol. The molecule has 0 N–H and O–H groups in total. The normalized spacial score (nSPS) is 10.3. The third-order valence-corrected chi connectivity index (χ3v) is 2.94. The quantitative estimate of drug-likeness (QED) is 0.641. The highest BCUT2D eigenvalue weighted by Gasteiger charge is 2.30. The zero-order valence-electron chi connectivity index (χ0n) is 11.2. The van der Waals surface area contributed by atoms with Gasteiger partial charge < -0.3 is 9.47 Å². The van der Waals surface area contributed by atoms with Crippen molar-refractivity contribution in [1.82, 2.24) is 0 Å². The maximum Gasteiger partial charge on any atom is 0.341 e. The van der Waals surface area contributed by atoms with Crippen molar-refractivity contribution in [2.24, 2.45) is 0 Å². The van der Waals surface area contributed by atoms with Crippen molar-refractivity contribution in [3.05, 3.63) is 53.3 Å². The topological polar surface area (TPSA) is 35.5 Å². The lowest BCUT2D eigenvalue weighted by molar-refractivity contribution is 0.0594. The van der Waals surface area contributed by atoms with Crippen LogP contribution in [0.4, 0.5) is 13.2 Å². The second-order valence-corrected chi connectivity index (χ2v) is 4.08. The summed E-state index contributed by atoms with van der Waals surface area (Å²) in [4.78, 5) is 11.7. The van der Waals surface area contributed by atoms with Crippen molar-refractivity contribution in [1.29, 1.82) is 0 Å². The first-order valence-corrected chi connectivity index (χ1v) is 5.91. The van der Waals surface area contributed by atoms with Crippen LogP contribution in [0.5, 0.6) is 5.75 Å². The number of halogens is 3. The molecule has 0 aliphatic heterocycles. The maximum atomic E-state index is 14.4. The first-order valence-electron chi connectivity index (χ1n) is 5.91. The Kier molecular flexibility index (Phi) is 4.16. The van der Waals surface area contributed by atoms with Gasteiger partial charge in [0.15, 0.2) is 17.4 Å². The van der Waals surface area contributed by atoms with Gasteiger partial charge in [0, 0.05) is 5.56 Å². The molecule has 6 heteroatoms. The van der Waals surface area contributed by atoms with Gasteiger partial charge in [-0.1, -0.05) is 30.3 Å². The van der Waals surface area contributed by atoms with E-state index < -0.39 is 40.3 Å². The van der Waals surface area contributed by atoms with E-state index in [0.29, 0.717) is 0 Å². The van der Waals surface area contributed by atoms with Crippen molar-refractivity contribution in [3.63, 3.8) is 0 Å². The Hall–Kier alpha value is -2.50. The third kappa shape index (κ3) is 2.44. The fraction of sp³-hybridized carbons (Fsp3) is 0.133. The van der Waals surface area contributed by atoms with E-state index in [2.05, 4.69) is 9.47 Å². The molecule has 2 aromatic carbocycles. The highest BCUT2D eigenvalue weighted by Crippen LogP contribution is 2.37. The minimum atomic E-state index is -1.57. The van der Waals surface area contributed by atoms with Crippen molar-refractivity contribution in [3.8, 4) is 16.9 Å². The predicted molar refractivity (Wildman–Crippen MR) is 69.6 cm³/mol. The first-order chi connectivity index (χ1) is 10.0. The monoisotopic (exact) mass is 296 g/mol. The Balaban J connectivity index is 2.89. The molecular formula is C15H11F3O3. The predicted octanol–water partition coefficient (Wildman–Crippen LogP) is 3.57. The summed E-state index contributed by atoms with van der Waals surface area (Å²) in [7, 11) is 2.00. The Bertz CT molecular complexity index is 685. The van der Waals surface area contributed by atoms with Crippen LogP contribution in [0.3, 0.4) is 0 Å². The SMILES string of the molecule is COC(=O)c1c(F)c(F)c(OC)c(F)c1-c1ccccc1. The highest BCUT2D eigenvalue weighted by atomic mass is 19.2. The summed E-state index contributed by atoms with van der Waals surface area (Å²) in [5.41, 5.74) is -1.01. The van der Waals surface area contributed by atoms with Gasteiger partial charge in [-0.15, -0.1) is 0 Å². The number of ether oxygens (including phenoxy) is 2. The van der Waals surface area contributed by atoms with Crippen LogP contribution in [0.1, 0.15) is 10.4 Å². The van der Waals surface area contributed by atoms with E-state index in [1.807, 2.05) is 0 Å². The van der Waals surface area contributed by atoms with Crippen molar-refractivity contribution < 1.29 is 27.4 Å². The molecule has 110 valence electrons. The summed E-state index contributed by atoms with van der Waals surface area (Å²) in [5.74, 6) is -6.32. The third-order valence-electron chi connectivity index (χ3n) is 2.94. The lowest BCUT2D eigenvalue weighted by Gasteiger charge is -2.14. The summed E-state index contributed by atoms with van der Waals surface area (Å²) in [5, 5.41) is 0. The van der Waals surface area contributed by atoms with Gasteiger partial charge in [-0.25, -0.2) is 13.6 Å². The largest absolute Gasteiger partial charge is 0.491 e. The lowest BCUT2D eigenvalue weighted by Crippen LogP contribution is -2.12. The Morgan fingerprint density at radius 1 is 0.952 bits per heavy atom. The van der Waals surface area contributed by atoms with Gasteiger partial charge in [-0.05, 0) is 5.56 Å². The van der Waals surface area contributed by atoms with Gasteiger partial charge in [0.2, 0.25) is 5.82 Å². The van der Waals surface area contributed by atoms with E-state index in [9.17, 15) is 18.0 Å². The zero-order chi connectivity index (χ0) is 15.6. The minimum Gasteiger partial charge on any atom is -0.491 e. The first kappa shape index (κ1) is 14.9. The van der Waals surface area contributed by atoms with Gasteiger partial charge >= 0.3 is 5.97 Å². The van der Waals surface area contributed by atoms with E-state index in [-0.39, 0.29) is 5.56 Å². The van der Waals surface area contributed by atoms with Crippen molar-refractivity contribution >= 4 is 5.97 Å². The average Bonchev–Trinajstić information content (AvgIpc) is 2.51. The number of rotatable bonds is 3. The van der Waals surface area contributed by atoms with Crippen LogP contribution in [-0.2, 0) is 4.74 Å². The van der Waals surface area contributed by atoms with Gasteiger partial charge in [-0.3, -0.25) is 0 Å². The van der Waals surface area contributed by atoms with E-state index in [0.717, 1.165) is 14.2 Å². The summed E-state index contributed by atoms with van der Waals surface area (Å²) in [6.07, 6.45) is 0. The molecule has 3 nitrogen and oxygen atoms in total. The molecule has 0 heterocycles. The van der Waals surface area contributed by atoms with E-state index in [4.69, 9.17) is 0 Å². The molecule has 0 saturated carbocycles. The molecule has 0 unspecified atom stereocenters. The van der Waals surface area contributed by atoms with Crippen LogP contribution in [0, 0.1) is 17.5 Å². The fourth-order valence-electron chi connectivity index (χ4n) is 1.99. The van der Waals surface area contributed by atoms with Crippen LogP contribution >= 0.6 is 0 Å². The molecule has 0 atom stereocenters. The molecule has 0 bridgehead atoms. The number of carbonyl (C=O) groups excluding carboxylic acids is 1. The molecule has 0 spiro atoms. The summed E-state index contributed by atoms with van der Waals surface area (Å²) >= 11 is 0. The summed E-state index contributed by atoms with van der Waals surface area (Å²) < 4.78 is 51.2. The Morgan fingerprint density at radius 3 is 2.10 bits per heavy atom. The molecule has 0 aliphatic rings. The summed E-state index contributed by atoms with van der Waals surface area (Å²) in [6, 6.07) is 7.73. The zero-order valence-corrected chi connectivity index (χ0v) is 11.2. The molecule has 0 amide bonds. The lowest BCUT2D eigenvalue weighted by atomic mass is 9.97. The Morgan fingerprint density at radius 2 is 1.57 bits per heavy atom. The molecule has 21 heavy (non-hydrogen) atoms. The number of carbonyl (C=O) groups is 1. The van der Waals surface area contributed by atoms with E-state index >= 15 is 0 Å². The number of esters is 1. The molecule has 0 radical (unpaired) electrons. The number of methoxy groups -OCH3 is 2. The van der Waals surface area contributed by atoms with E-state index in [1.54, 1.807) is 18.2 Å². The van der Waals surface area contributed by atoms with Gasteiger partial charge in [0.05, 0.1) is 14.2 Å². The second kappa shape index (κ2) is 5.87. The van der Waals surface area contributed by atoms with Gasteiger partial charge in [0.1, 0.15) is 5.56 Å². The Labute approximate surface area is 118 Å². The van der Waals surface area contributed by atoms with Gasteiger partial charge in [0.25, 0.3) is 0 Å². The van der Waals surface area contributed by atoms with E-state index in [1.165, 1.54) is 12.1 Å². The van der Waals surface area contributed by atoms with Crippen LogP contribution in [-0.4, -0.2) is 20.2 Å². The smallest absolute Gasteiger partial charge is 0.341 e. The molecule has 0 saturated heterocycles. The number of hydrogen-bond acceptors (Lipinski definition) is 3. The molecule has 0 aliphatic carbocycles. The van der Waals surface area contributed by atoms with Crippen LogP contribution in [0.2, 0.25) is 0 Å². The minimum absolute atomic E-state index is 0.201. The van der Waals surface area contributed by atoms with Crippen LogP contribution < -0.4 is 4.74 Å². The fourth-order valence-corrected chi connectivity index (χ4v) is 1.99. The standard InChI is InChI=1S/C15H11F3O3/c1-20-14-12(17)9(8-6-4-3-5-7-8)10(15(19)21-2)11(16)13(14)18/h3-7H,1-2H3. The second-order valence-electron chi connectivity index (χ2n) is 4.08. The summed E-state index contributed by atoms with van der Waals surface area (Å²) in [6.45, 7) is 0. The number of hydrogen-bond donors (Lipinski definition) is 0. The van der Waals surface area contributed by atoms with Crippen LogP contribution in [0.15, 0.2) is 30.3 Å². The molecule has 2 aromatic rings. The van der Waals surface area contributed by atoms with Crippen molar-refractivity contribution in [2.75, 3.05) is 14.2 Å². The highest BCUT2D eigenvalue weighted by molar-refractivity contribution is 5.98. The molecular weight excluding hydrogens is 285 g/mol. The number of benzene rings is 2. The maximum absolute atomic E-state index is 14.4. The van der Waals surface area contributed by atoms with Crippen molar-refractivity contribution in [2.45, 2.75) is 0 Å². The molecule has 0 fully saturated rings. The molecule has 0 aromatic heterocycles. The van der Waals surface area contributed by atoms with Crippen LogP contribution in [0.25, 0.3) is 11.1 Å². The molecule has 2 rings (SSSR count). The van der Waals surface area contributed by atoms with Gasteiger partial charge in [-0.2, -0.15) is 4.39 Å².